The molecule has 0 radical (unpaired) electrons. The number of carboxylic acid groups (broad SMARTS) is 2. The number of hydrogen-bond donors (Lipinski definition) is 3. The monoisotopic (exact) mass is 291 g/mol. The average molecular weight is 291 g/mol. The van der Waals surface area contributed by atoms with E-state index in [2.05, 4.69) is 21.3 Å². The molecular weight excluding hydrogens is 274 g/mol. The summed E-state index contributed by atoms with van der Waals surface area (Å²) < 4.78 is 0. The van der Waals surface area contributed by atoms with E-state index in [1.54, 1.807) is 0 Å². The Labute approximate surface area is 121 Å². The zero-order valence-electron chi connectivity index (χ0n) is 11.3. The molecule has 0 amide bonds. The van der Waals surface area contributed by atoms with Gasteiger partial charge in [0, 0.05) is 49.9 Å². The molecule has 0 aromatic carbocycles. The van der Waals surface area contributed by atoms with E-state index in [1.807, 2.05) is 18.5 Å². The van der Waals surface area contributed by atoms with Gasteiger partial charge in [0.05, 0.1) is 11.9 Å². The molecule has 0 spiro atoms. The van der Waals surface area contributed by atoms with Crippen molar-refractivity contribution in [2.45, 2.75) is 6.04 Å². The van der Waals surface area contributed by atoms with E-state index >= 15 is 0 Å². The Bertz CT molecular complexity index is 516. The third kappa shape index (κ3) is 4.03. The van der Waals surface area contributed by atoms with E-state index < -0.39 is 11.9 Å². The number of hydrogen-bond acceptors (Lipinski definition) is 5. The first-order valence-electron chi connectivity index (χ1n) is 6.59. The van der Waals surface area contributed by atoms with Crippen LogP contribution in [0, 0.1) is 5.92 Å². The van der Waals surface area contributed by atoms with Crippen LogP contribution in [0.15, 0.2) is 36.7 Å². The van der Waals surface area contributed by atoms with Crippen molar-refractivity contribution in [1.29, 1.82) is 0 Å². The molecule has 2 aliphatic heterocycles. The number of carbonyl (C=O) groups is 2. The minimum Gasteiger partial charge on any atom is -0.478 e. The molecule has 3 heterocycles. The van der Waals surface area contributed by atoms with Crippen LogP contribution < -0.4 is 10.2 Å². The van der Waals surface area contributed by atoms with Crippen molar-refractivity contribution >= 4 is 17.6 Å². The molecule has 3 rings (SSSR count). The second kappa shape index (κ2) is 6.85. The number of pyridine rings is 1. The first-order valence-corrected chi connectivity index (χ1v) is 6.59. The van der Waals surface area contributed by atoms with Crippen LogP contribution in [0.4, 0.5) is 5.69 Å². The molecule has 1 aromatic rings. The highest BCUT2D eigenvalue weighted by atomic mass is 16.4. The van der Waals surface area contributed by atoms with Crippen LogP contribution in [0.2, 0.25) is 0 Å². The Morgan fingerprint density at radius 2 is 2.00 bits per heavy atom. The summed E-state index contributed by atoms with van der Waals surface area (Å²) >= 11 is 0. The zero-order chi connectivity index (χ0) is 15.2. The van der Waals surface area contributed by atoms with Gasteiger partial charge in [-0.2, -0.15) is 0 Å². The smallest absolute Gasteiger partial charge is 0.328 e. The van der Waals surface area contributed by atoms with Crippen LogP contribution in [0.1, 0.15) is 0 Å². The third-order valence-corrected chi connectivity index (χ3v) is 3.48. The van der Waals surface area contributed by atoms with E-state index in [9.17, 15) is 9.59 Å². The Morgan fingerprint density at radius 1 is 1.29 bits per heavy atom. The van der Waals surface area contributed by atoms with E-state index in [4.69, 9.17) is 10.2 Å². The molecule has 1 aromatic heterocycles. The van der Waals surface area contributed by atoms with Crippen molar-refractivity contribution in [3.63, 3.8) is 0 Å². The second-order valence-electron chi connectivity index (χ2n) is 4.86. The fourth-order valence-corrected chi connectivity index (χ4v) is 2.48. The first-order chi connectivity index (χ1) is 10.1. The van der Waals surface area contributed by atoms with Crippen molar-refractivity contribution in [2.75, 3.05) is 24.5 Å². The standard InChI is InChI=1S/C10H13N3.C4H4O4/c1-2-9(5-11-3-1)13-7-8-4-12-6-10(8)13;5-3(6)1-2-4(7)8/h1-3,5,8,10,12H,4,6-7H2;1-2H,(H,5,6)(H,7,8). The minimum absolute atomic E-state index is 0.558. The van der Waals surface area contributed by atoms with E-state index in [-0.39, 0.29) is 0 Å². The van der Waals surface area contributed by atoms with Crippen LogP contribution >= 0.6 is 0 Å². The molecular formula is C14H17N3O4. The van der Waals surface area contributed by atoms with Gasteiger partial charge in [-0.3, -0.25) is 4.98 Å². The highest BCUT2D eigenvalue weighted by Gasteiger charge is 2.41. The summed E-state index contributed by atoms with van der Waals surface area (Å²) in [6, 6.07) is 4.87. The average Bonchev–Trinajstić information content (AvgIpc) is 2.80. The van der Waals surface area contributed by atoms with Crippen LogP contribution in [-0.4, -0.2) is 52.8 Å². The largest absolute Gasteiger partial charge is 0.478 e. The fraction of sp³-hybridized carbons (Fsp3) is 0.357. The van der Waals surface area contributed by atoms with Gasteiger partial charge in [-0.25, -0.2) is 9.59 Å². The molecule has 2 fully saturated rings. The van der Waals surface area contributed by atoms with Crippen LogP contribution in [0.25, 0.3) is 0 Å². The van der Waals surface area contributed by atoms with Crippen LogP contribution in [0.5, 0.6) is 0 Å². The lowest BCUT2D eigenvalue weighted by molar-refractivity contribution is -0.134. The van der Waals surface area contributed by atoms with Gasteiger partial charge in [-0.1, -0.05) is 0 Å². The highest BCUT2D eigenvalue weighted by molar-refractivity contribution is 5.89. The topological polar surface area (TPSA) is 103 Å². The molecule has 2 saturated heterocycles. The number of aliphatic carboxylic acids is 2. The van der Waals surface area contributed by atoms with E-state index in [0.717, 1.165) is 18.5 Å². The summed E-state index contributed by atoms with van der Waals surface area (Å²) in [6.45, 7) is 3.53. The molecule has 7 heteroatoms. The van der Waals surface area contributed by atoms with Gasteiger partial charge in [-0.15, -0.1) is 0 Å². The maximum Gasteiger partial charge on any atom is 0.328 e. The molecule has 21 heavy (non-hydrogen) atoms. The molecule has 0 saturated carbocycles. The predicted molar refractivity (Wildman–Crippen MR) is 76.1 cm³/mol. The number of anilines is 1. The second-order valence-corrected chi connectivity index (χ2v) is 4.86. The fourth-order valence-electron chi connectivity index (χ4n) is 2.48. The molecule has 0 bridgehead atoms. The van der Waals surface area contributed by atoms with E-state index in [0.29, 0.717) is 12.2 Å². The van der Waals surface area contributed by atoms with E-state index in [1.165, 1.54) is 18.8 Å². The maximum atomic E-state index is 9.55. The van der Waals surface area contributed by atoms with Gasteiger partial charge in [0.15, 0.2) is 0 Å². The quantitative estimate of drug-likeness (QED) is 0.684. The van der Waals surface area contributed by atoms with Crippen molar-refractivity contribution in [3.05, 3.63) is 36.7 Å². The van der Waals surface area contributed by atoms with Gasteiger partial charge in [0.2, 0.25) is 0 Å². The van der Waals surface area contributed by atoms with Crippen LogP contribution in [-0.2, 0) is 9.59 Å². The molecule has 2 aliphatic rings. The molecule has 3 N–H and O–H groups in total. The Morgan fingerprint density at radius 3 is 2.52 bits per heavy atom. The number of carboxylic acids is 2. The SMILES string of the molecule is O=C(O)C=CC(=O)O.c1cncc(N2CC3CNCC32)c1. The third-order valence-electron chi connectivity index (χ3n) is 3.48. The van der Waals surface area contributed by atoms with Crippen molar-refractivity contribution < 1.29 is 19.8 Å². The Kier molecular flexibility index (Phi) is 4.89. The van der Waals surface area contributed by atoms with Crippen molar-refractivity contribution in [1.82, 2.24) is 10.3 Å². The number of aromatic nitrogens is 1. The molecule has 112 valence electrons. The first kappa shape index (κ1) is 15.0. The Balaban J connectivity index is 0.000000177. The molecule has 2 atom stereocenters. The molecule has 2 unspecified atom stereocenters. The molecule has 0 aliphatic carbocycles. The summed E-state index contributed by atoms with van der Waals surface area (Å²) in [5.41, 5.74) is 1.27. The lowest BCUT2D eigenvalue weighted by Crippen LogP contribution is -2.55. The molecule has 7 nitrogen and oxygen atoms in total. The van der Waals surface area contributed by atoms with Crippen LogP contribution in [0.3, 0.4) is 0 Å². The zero-order valence-corrected chi connectivity index (χ0v) is 11.3. The minimum atomic E-state index is -1.26. The number of rotatable bonds is 3. The predicted octanol–water partition coefficient (Wildman–Crippen LogP) is 0.201. The van der Waals surface area contributed by atoms with Crippen molar-refractivity contribution in [2.24, 2.45) is 5.92 Å². The number of nitrogens with zero attached hydrogens (tertiary/aromatic N) is 2. The van der Waals surface area contributed by atoms with Gasteiger partial charge in [0.25, 0.3) is 0 Å². The number of fused-ring (bicyclic) bond motifs is 1. The van der Waals surface area contributed by atoms with Gasteiger partial charge in [0.1, 0.15) is 0 Å². The van der Waals surface area contributed by atoms with Gasteiger partial charge < -0.3 is 20.4 Å². The summed E-state index contributed by atoms with van der Waals surface area (Å²) in [6.07, 6.45) is 4.90. The number of nitrogens with one attached hydrogen (secondary N) is 1. The van der Waals surface area contributed by atoms with Gasteiger partial charge >= 0.3 is 11.9 Å². The highest BCUT2D eigenvalue weighted by Crippen LogP contribution is 2.32. The maximum absolute atomic E-state index is 9.55. The summed E-state index contributed by atoms with van der Waals surface area (Å²) in [5.74, 6) is -1.64. The summed E-state index contributed by atoms with van der Waals surface area (Å²) in [4.78, 5) is 25.7. The normalized spacial score (nSPS) is 23.0. The van der Waals surface area contributed by atoms with Gasteiger partial charge in [-0.05, 0) is 12.1 Å². The lowest BCUT2D eigenvalue weighted by Gasteiger charge is -2.45. The Hall–Kier alpha value is -2.41. The summed E-state index contributed by atoms with van der Waals surface area (Å²) in [5, 5.41) is 19.0. The summed E-state index contributed by atoms with van der Waals surface area (Å²) in [7, 11) is 0. The lowest BCUT2D eigenvalue weighted by atomic mass is 9.91. The van der Waals surface area contributed by atoms with Crippen molar-refractivity contribution in [3.8, 4) is 0 Å².